The molecule has 1 saturated heterocycles. The molecule has 1 N–H and O–H groups in total. The molecular formula is C19H25NO5. The van der Waals surface area contributed by atoms with E-state index in [0.29, 0.717) is 19.6 Å². The zero-order valence-corrected chi connectivity index (χ0v) is 14.5. The summed E-state index contributed by atoms with van der Waals surface area (Å²) in [6.07, 6.45) is 2.79. The van der Waals surface area contributed by atoms with Gasteiger partial charge in [-0.1, -0.05) is 24.3 Å². The minimum absolute atomic E-state index is 0.0290. The third-order valence-electron chi connectivity index (χ3n) is 4.97. The van der Waals surface area contributed by atoms with E-state index in [0.717, 1.165) is 37.0 Å². The first-order valence-electron chi connectivity index (χ1n) is 8.89. The molecule has 0 spiro atoms. The Bertz CT molecular complexity index is 626. The molecular weight excluding hydrogens is 322 g/mol. The number of benzene rings is 1. The molecule has 0 saturated carbocycles. The number of carbonyl (C=O) groups excluding carboxylic acids is 1. The molecule has 1 aromatic carbocycles. The second-order valence-corrected chi connectivity index (χ2v) is 6.76. The van der Waals surface area contributed by atoms with Crippen molar-refractivity contribution in [1.82, 2.24) is 4.90 Å². The number of nitrogens with zero attached hydrogens (tertiary/aromatic N) is 1. The molecule has 1 fully saturated rings. The maximum absolute atomic E-state index is 12.8. The lowest BCUT2D eigenvalue weighted by atomic mass is 9.93. The highest BCUT2D eigenvalue weighted by Gasteiger charge is 2.36. The van der Waals surface area contributed by atoms with Crippen LogP contribution in [0.25, 0.3) is 0 Å². The van der Waals surface area contributed by atoms with E-state index in [4.69, 9.17) is 9.47 Å². The summed E-state index contributed by atoms with van der Waals surface area (Å²) in [4.78, 5) is 25.9. The van der Waals surface area contributed by atoms with Gasteiger partial charge in [0.1, 0.15) is 12.1 Å². The van der Waals surface area contributed by atoms with Gasteiger partial charge in [0.25, 0.3) is 5.91 Å². The number of carbonyl (C=O) groups is 2. The molecule has 0 radical (unpaired) electrons. The summed E-state index contributed by atoms with van der Waals surface area (Å²) < 4.78 is 11.3. The number of rotatable bonds is 5. The van der Waals surface area contributed by atoms with Crippen LogP contribution in [0.5, 0.6) is 0 Å². The fourth-order valence-electron chi connectivity index (χ4n) is 3.47. The molecule has 0 aromatic heterocycles. The van der Waals surface area contributed by atoms with Gasteiger partial charge in [0.15, 0.2) is 0 Å². The lowest BCUT2D eigenvalue weighted by Crippen LogP contribution is -2.52. The number of aliphatic carboxylic acids is 1. The highest BCUT2D eigenvalue weighted by atomic mass is 16.5. The smallest absolute Gasteiger partial charge is 0.326 e. The van der Waals surface area contributed by atoms with Crippen molar-refractivity contribution in [3.05, 3.63) is 35.4 Å². The van der Waals surface area contributed by atoms with Crippen molar-refractivity contribution in [1.29, 1.82) is 0 Å². The Morgan fingerprint density at radius 3 is 2.76 bits per heavy atom. The van der Waals surface area contributed by atoms with Crippen molar-refractivity contribution in [3.63, 3.8) is 0 Å². The minimum Gasteiger partial charge on any atom is -0.480 e. The Kier molecular flexibility index (Phi) is 5.71. The predicted molar refractivity (Wildman–Crippen MR) is 91.1 cm³/mol. The van der Waals surface area contributed by atoms with Crippen molar-refractivity contribution in [2.45, 2.75) is 57.4 Å². The third kappa shape index (κ3) is 4.19. The Hall–Kier alpha value is -1.92. The molecule has 3 atom stereocenters. The zero-order chi connectivity index (χ0) is 17.8. The van der Waals surface area contributed by atoms with Gasteiger partial charge in [0.2, 0.25) is 0 Å². The normalized spacial score (nSPS) is 24.4. The Labute approximate surface area is 147 Å². The van der Waals surface area contributed by atoms with Crippen LogP contribution in [0.3, 0.4) is 0 Å². The lowest BCUT2D eigenvalue weighted by molar-refractivity contribution is -0.158. The van der Waals surface area contributed by atoms with Gasteiger partial charge >= 0.3 is 5.97 Å². The van der Waals surface area contributed by atoms with E-state index in [1.807, 2.05) is 24.3 Å². The average molecular weight is 347 g/mol. The Balaban J connectivity index is 1.65. The van der Waals surface area contributed by atoms with Crippen LogP contribution in [-0.2, 0) is 32.0 Å². The lowest BCUT2D eigenvalue weighted by Gasteiger charge is -2.36. The second kappa shape index (κ2) is 7.97. The van der Waals surface area contributed by atoms with Crippen LogP contribution in [0.2, 0.25) is 0 Å². The van der Waals surface area contributed by atoms with E-state index in [1.165, 1.54) is 4.90 Å². The standard InChI is InChI=1S/C19H25NO5/c1-13(25-12-16-8-4-5-9-24-16)18(21)20-11-15-7-3-2-6-14(15)10-17(20)19(22)23/h2-3,6-7,13,16-17H,4-5,8-12H2,1H3,(H,22,23)/t13-,16-,17+/m0/s1. The van der Waals surface area contributed by atoms with Crippen molar-refractivity contribution in [2.24, 2.45) is 0 Å². The van der Waals surface area contributed by atoms with Gasteiger partial charge in [-0.05, 0) is 37.3 Å². The summed E-state index contributed by atoms with van der Waals surface area (Å²) in [6.45, 7) is 3.10. The number of amides is 1. The molecule has 6 nitrogen and oxygen atoms in total. The molecule has 25 heavy (non-hydrogen) atoms. The molecule has 3 rings (SSSR count). The Morgan fingerprint density at radius 2 is 2.08 bits per heavy atom. The summed E-state index contributed by atoms with van der Waals surface area (Å²) in [6, 6.07) is 6.82. The van der Waals surface area contributed by atoms with Crippen molar-refractivity contribution < 1.29 is 24.2 Å². The first-order chi connectivity index (χ1) is 12.1. The minimum atomic E-state index is -0.981. The number of carboxylic acids is 1. The van der Waals surface area contributed by atoms with E-state index in [1.54, 1.807) is 6.92 Å². The molecule has 2 aliphatic heterocycles. The summed E-state index contributed by atoms with van der Waals surface area (Å²) in [7, 11) is 0. The molecule has 0 bridgehead atoms. The molecule has 2 heterocycles. The Morgan fingerprint density at radius 1 is 1.32 bits per heavy atom. The van der Waals surface area contributed by atoms with Crippen LogP contribution < -0.4 is 0 Å². The fraction of sp³-hybridized carbons (Fsp3) is 0.579. The molecule has 136 valence electrons. The van der Waals surface area contributed by atoms with Crippen LogP contribution in [0.15, 0.2) is 24.3 Å². The highest BCUT2D eigenvalue weighted by molar-refractivity contribution is 5.87. The predicted octanol–water partition coefficient (Wildman–Crippen LogP) is 2.00. The van der Waals surface area contributed by atoms with E-state index < -0.39 is 18.1 Å². The van der Waals surface area contributed by atoms with E-state index in [2.05, 4.69) is 0 Å². The summed E-state index contributed by atoms with van der Waals surface area (Å²) >= 11 is 0. The maximum atomic E-state index is 12.8. The first-order valence-corrected chi connectivity index (χ1v) is 8.89. The van der Waals surface area contributed by atoms with Crippen molar-refractivity contribution >= 4 is 11.9 Å². The van der Waals surface area contributed by atoms with Crippen molar-refractivity contribution in [3.8, 4) is 0 Å². The molecule has 2 aliphatic rings. The quantitative estimate of drug-likeness (QED) is 0.882. The fourth-order valence-corrected chi connectivity index (χ4v) is 3.47. The van der Waals surface area contributed by atoms with Crippen LogP contribution >= 0.6 is 0 Å². The number of hydrogen-bond donors (Lipinski definition) is 1. The van der Waals surface area contributed by atoms with Gasteiger partial charge in [-0.3, -0.25) is 4.79 Å². The summed E-state index contributed by atoms with van der Waals surface area (Å²) in [5.41, 5.74) is 1.99. The largest absolute Gasteiger partial charge is 0.480 e. The van der Waals surface area contributed by atoms with E-state index in [-0.39, 0.29) is 12.0 Å². The van der Waals surface area contributed by atoms with E-state index >= 15 is 0 Å². The average Bonchev–Trinajstić information content (AvgIpc) is 2.65. The zero-order valence-electron chi connectivity index (χ0n) is 14.5. The van der Waals surface area contributed by atoms with Gasteiger partial charge in [-0.25, -0.2) is 4.79 Å². The second-order valence-electron chi connectivity index (χ2n) is 6.76. The van der Waals surface area contributed by atoms with Gasteiger partial charge < -0.3 is 19.5 Å². The number of hydrogen-bond acceptors (Lipinski definition) is 4. The highest BCUT2D eigenvalue weighted by Crippen LogP contribution is 2.24. The van der Waals surface area contributed by atoms with Crippen LogP contribution in [-0.4, -0.2) is 53.3 Å². The number of ether oxygens (including phenoxy) is 2. The van der Waals surface area contributed by atoms with Gasteiger partial charge in [-0.15, -0.1) is 0 Å². The topological polar surface area (TPSA) is 76.1 Å². The van der Waals surface area contributed by atoms with Crippen molar-refractivity contribution in [2.75, 3.05) is 13.2 Å². The number of carboxylic acid groups (broad SMARTS) is 1. The third-order valence-corrected chi connectivity index (χ3v) is 4.97. The molecule has 6 heteroatoms. The van der Waals surface area contributed by atoms with Crippen LogP contribution in [0.4, 0.5) is 0 Å². The molecule has 0 unspecified atom stereocenters. The van der Waals surface area contributed by atoms with Crippen LogP contribution in [0.1, 0.15) is 37.3 Å². The monoisotopic (exact) mass is 347 g/mol. The molecule has 1 amide bonds. The summed E-state index contributed by atoms with van der Waals surface area (Å²) in [5, 5.41) is 9.54. The molecule has 1 aromatic rings. The molecule has 0 aliphatic carbocycles. The van der Waals surface area contributed by atoms with Gasteiger partial charge in [0.05, 0.1) is 12.7 Å². The van der Waals surface area contributed by atoms with Gasteiger partial charge in [0, 0.05) is 19.6 Å². The SMILES string of the molecule is C[C@H](OC[C@@H]1CCCCO1)C(=O)N1Cc2ccccc2C[C@@H]1C(=O)O. The van der Waals surface area contributed by atoms with Gasteiger partial charge in [-0.2, -0.15) is 0 Å². The first kappa shape index (κ1) is 17.9. The number of fused-ring (bicyclic) bond motifs is 1. The van der Waals surface area contributed by atoms with E-state index in [9.17, 15) is 14.7 Å². The maximum Gasteiger partial charge on any atom is 0.326 e. The van der Waals surface area contributed by atoms with Crippen LogP contribution in [0, 0.1) is 0 Å². The summed E-state index contributed by atoms with van der Waals surface area (Å²) in [5.74, 6) is -1.26.